The number of pyridine rings is 1. The van der Waals surface area contributed by atoms with Crippen molar-refractivity contribution in [2.24, 2.45) is 11.8 Å². The van der Waals surface area contributed by atoms with E-state index in [-0.39, 0.29) is 11.6 Å². The predicted molar refractivity (Wildman–Crippen MR) is 122 cm³/mol. The van der Waals surface area contributed by atoms with Gasteiger partial charge in [0.05, 0.1) is 12.7 Å². The molecule has 1 saturated heterocycles. The molecule has 7 nitrogen and oxygen atoms in total. The van der Waals surface area contributed by atoms with Gasteiger partial charge in [0.1, 0.15) is 11.3 Å². The van der Waals surface area contributed by atoms with Crippen LogP contribution in [0.15, 0.2) is 29.1 Å². The Morgan fingerprint density at radius 1 is 1.27 bits per heavy atom. The van der Waals surface area contributed by atoms with Gasteiger partial charge in [0, 0.05) is 43.1 Å². The van der Waals surface area contributed by atoms with Crippen molar-refractivity contribution in [3.8, 4) is 5.75 Å². The summed E-state index contributed by atoms with van der Waals surface area (Å²) in [6.45, 7) is 4.08. The van der Waals surface area contributed by atoms with Crippen molar-refractivity contribution in [3.63, 3.8) is 0 Å². The first-order valence-electron chi connectivity index (χ1n) is 11.9. The molecule has 4 aliphatic rings. The van der Waals surface area contributed by atoms with E-state index >= 15 is 0 Å². The van der Waals surface area contributed by atoms with Crippen molar-refractivity contribution >= 4 is 5.97 Å². The van der Waals surface area contributed by atoms with E-state index in [0.717, 1.165) is 53.6 Å². The van der Waals surface area contributed by atoms with Gasteiger partial charge in [-0.1, -0.05) is 6.07 Å². The average molecular weight is 451 g/mol. The number of aromatic carboxylic acids is 1. The zero-order valence-corrected chi connectivity index (χ0v) is 19.1. The standard InChI is InChI=1S/C26H30N2O5/c1-14-3-6-18(33-2)8-20(14)25-9-17-13-28(12-15-4-5-15)22(17)26(25,32)10-16-7-19(24(30)31)23(29)27-21(16)11-25/h3,6-8,15,17,22,32H,4-5,9-13H2,1-2H3,(H,27,29)(H,30,31)/t17?,22-,25-,26-/m1/s1. The van der Waals surface area contributed by atoms with Crippen molar-refractivity contribution in [1.82, 2.24) is 9.88 Å². The van der Waals surface area contributed by atoms with Crippen LogP contribution in [0.5, 0.6) is 5.75 Å². The first-order valence-corrected chi connectivity index (χ1v) is 11.9. The largest absolute Gasteiger partial charge is 0.497 e. The number of nitrogens with zero attached hydrogens (tertiary/aromatic N) is 1. The number of likely N-dealkylation sites (tertiary alicyclic amines) is 1. The molecule has 3 aliphatic carbocycles. The molecule has 6 rings (SSSR count). The van der Waals surface area contributed by atoms with Gasteiger partial charge in [0.15, 0.2) is 0 Å². The number of rotatable bonds is 5. The lowest BCUT2D eigenvalue weighted by atomic mass is 9.59. The molecule has 0 bridgehead atoms. The van der Waals surface area contributed by atoms with Gasteiger partial charge in [-0.15, -0.1) is 0 Å². The quantitative estimate of drug-likeness (QED) is 0.646. The number of carboxylic acid groups (broad SMARTS) is 1. The van der Waals surface area contributed by atoms with Crippen molar-refractivity contribution in [2.75, 3.05) is 20.2 Å². The number of aliphatic hydroxyl groups is 1. The number of carbonyl (C=O) groups is 1. The van der Waals surface area contributed by atoms with Crippen molar-refractivity contribution in [3.05, 3.63) is 62.6 Å². The van der Waals surface area contributed by atoms with Gasteiger partial charge >= 0.3 is 5.97 Å². The molecule has 1 aromatic heterocycles. The lowest BCUT2D eigenvalue weighted by Crippen LogP contribution is -2.68. The summed E-state index contributed by atoms with van der Waals surface area (Å²) in [5.74, 6) is 0.616. The first kappa shape index (κ1) is 20.9. The van der Waals surface area contributed by atoms with E-state index in [1.165, 1.54) is 18.9 Å². The number of benzene rings is 1. The van der Waals surface area contributed by atoms with E-state index in [1.54, 1.807) is 7.11 Å². The van der Waals surface area contributed by atoms with E-state index in [1.807, 2.05) is 18.2 Å². The Bertz CT molecular complexity index is 1220. The van der Waals surface area contributed by atoms with Crippen LogP contribution in [0.3, 0.4) is 0 Å². The molecule has 7 heteroatoms. The van der Waals surface area contributed by atoms with Crippen molar-refractivity contribution in [1.29, 1.82) is 0 Å². The number of H-pyrrole nitrogens is 1. The highest BCUT2D eigenvalue weighted by molar-refractivity contribution is 5.87. The smallest absolute Gasteiger partial charge is 0.341 e. The molecule has 174 valence electrons. The second kappa shape index (κ2) is 6.93. The molecule has 0 spiro atoms. The van der Waals surface area contributed by atoms with Crippen LogP contribution in [-0.4, -0.2) is 57.9 Å². The highest BCUT2D eigenvalue weighted by Gasteiger charge is 2.70. The fourth-order valence-corrected chi connectivity index (χ4v) is 7.13. The fourth-order valence-electron chi connectivity index (χ4n) is 7.13. The normalized spacial score (nSPS) is 32.5. The van der Waals surface area contributed by atoms with Crippen LogP contribution in [-0.2, 0) is 18.3 Å². The van der Waals surface area contributed by atoms with Crippen LogP contribution < -0.4 is 10.3 Å². The molecule has 3 fully saturated rings. The Morgan fingerprint density at radius 2 is 2.06 bits per heavy atom. The van der Waals surface area contributed by atoms with Gasteiger partial charge in [0.2, 0.25) is 0 Å². The molecular formula is C26H30N2O5. The maximum Gasteiger partial charge on any atom is 0.341 e. The summed E-state index contributed by atoms with van der Waals surface area (Å²) in [5.41, 5.74) is 1.18. The second-order valence-electron chi connectivity index (χ2n) is 10.7. The SMILES string of the molecule is COc1ccc(C)c([C@@]23Cc4[nH]c(=O)c(C(=O)O)cc4C[C@@]2(O)[C@H]2C(CN2CC2CC2)C3)c1. The molecule has 0 radical (unpaired) electrons. The summed E-state index contributed by atoms with van der Waals surface area (Å²) in [6.07, 6.45) is 4.17. The number of aryl methyl sites for hydroxylation is 1. The molecule has 1 aromatic carbocycles. The summed E-state index contributed by atoms with van der Waals surface area (Å²) in [6, 6.07) is 7.54. The summed E-state index contributed by atoms with van der Waals surface area (Å²) in [5, 5.41) is 22.1. The fraction of sp³-hybridized carbons (Fsp3) is 0.538. The van der Waals surface area contributed by atoms with Crippen LogP contribution in [0.4, 0.5) is 0 Å². The maximum atomic E-state index is 12.6. The first-order chi connectivity index (χ1) is 15.8. The molecular weight excluding hydrogens is 420 g/mol. The number of hydrogen-bond donors (Lipinski definition) is 3. The van der Waals surface area contributed by atoms with Crippen LogP contribution in [0, 0.1) is 18.8 Å². The number of ether oxygens (including phenoxy) is 1. The van der Waals surface area contributed by atoms with E-state index in [9.17, 15) is 19.8 Å². The predicted octanol–water partition coefficient (Wildman–Crippen LogP) is 2.27. The van der Waals surface area contributed by atoms with Crippen molar-refractivity contribution in [2.45, 2.75) is 56.1 Å². The molecule has 1 unspecified atom stereocenters. The zero-order valence-electron chi connectivity index (χ0n) is 19.1. The highest BCUT2D eigenvalue weighted by atomic mass is 16.5. The number of methoxy groups -OCH3 is 1. The molecule has 2 saturated carbocycles. The molecule has 0 amide bonds. The van der Waals surface area contributed by atoms with Crippen LogP contribution >= 0.6 is 0 Å². The topological polar surface area (TPSA) is 103 Å². The third-order valence-electron chi connectivity index (χ3n) is 8.77. The Hall–Kier alpha value is -2.64. The lowest BCUT2D eigenvalue weighted by molar-refractivity contribution is -0.118. The van der Waals surface area contributed by atoms with Crippen molar-refractivity contribution < 1.29 is 19.7 Å². The molecule has 3 N–H and O–H groups in total. The summed E-state index contributed by atoms with van der Waals surface area (Å²) >= 11 is 0. The van der Waals surface area contributed by atoms with Gasteiger partial charge in [-0.05, 0) is 72.9 Å². The summed E-state index contributed by atoms with van der Waals surface area (Å²) in [4.78, 5) is 29.4. The van der Waals surface area contributed by atoms with Gasteiger partial charge in [-0.3, -0.25) is 9.69 Å². The zero-order chi connectivity index (χ0) is 23.1. The van der Waals surface area contributed by atoms with E-state index in [0.29, 0.717) is 18.8 Å². The number of carboxylic acids is 1. The van der Waals surface area contributed by atoms with Crippen LogP contribution in [0.25, 0.3) is 0 Å². The van der Waals surface area contributed by atoms with Crippen LogP contribution in [0.2, 0.25) is 0 Å². The Balaban J connectivity index is 1.53. The Morgan fingerprint density at radius 3 is 2.76 bits per heavy atom. The summed E-state index contributed by atoms with van der Waals surface area (Å²) in [7, 11) is 1.65. The Labute approximate surface area is 192 Å². The van der Waals surface area contributed by atoms with E-state index < -0.39 is 22.5 Å². The maximum absolute atomic E-state index is 12.6. The summed E-state index contributed by atoms with van der Waals surface area (Å²) < 4.78 is 5.55. The van der Waals surface area contributed by atoms with Gasteiger partial charge < -0.3 is 19.9 Å². The number of fused-ring (bicyclic) bond motifs is 4. The lowest BCUT2D eigenvalue weighted by Gasteiger charge is -2.55. The highest BCUT2D eigenvalue weighted by Crippen LogP contribution is 2.62. The number of aromatic amines is 1. The molecule has 2 aromatic rings. The third kappa shape index (κ3) is 2.88. The number of hydrogen-bond acceptors (Lipinski definition) is 5. The Kier molecular flexibility index (Phi) is 4.40. The number of nitrogens with one attached hydrogen (secondary N) is 1. The monoisotopic (exact) mass is 450 g/mol. The minimum Gasteiger partial charge on any atom is -0.497 e. The van der Waals surface area contributed by atoms with Crippen LogP contribution in [0.1, 0.15) is 52.0 Å². The number of aromatic nitrogens is 1. The molecule has 4 atom stereocenters. The van der Waals surface area contributed by atoms with Gasteiger partial charge in [-0.25, -0.2) is 4.79 Å². The van der Waals surface area contributed by atoms with E-state index in [4.69, 9.17) is 4.74 Å². The minimum atomic E-state index is -1.24. The van der Waals surface area contributed by atoms with Gasteiger partial charge in [0.25, 0.3) is 5.56 Å². The average Bonchev–Trinajstić information content (AvgIpc) is 3.54. The molecule has 33 heavy (non-hydrogen) atoms. The molecule has 1 aliphatic heterocycles. The third-order valence-corrected chi connectivity index (χ3v) is 8.77. The minimum absolute atomic E-state index is 0.0389. The molecule has 2 heterocycles. The second-order valence-corrected chi connectivity index (χ2v) is 10.7. The van der Waals surface area contributed by atoms with Gasteiger partial charge in [-0.2, -0.15) is 0 Å². The van der Waals surface area contributed by atoms with E-state index in [2.05, 4.69) is 16.8 Å².